The average Bonchev–Trinajstić information content (AvgIpc) is 2.63. The van der Waals surface area contributed by atoms with Gasteiger partial charge in [0, 0.05) is 6.54 Å². The van der Waals surface area contributed by atoms with Crippen LogP contribution in [0.1, 0.15) is 59.8 Å². The molecule has 0 aromatic rings. The number of likely N-dealkylation sites (N-methyl/N-ethyl adjacent to an activating group) is 1. The summed E-state index contributed by atoms with van der Waals surface area (Å²) < 4.78 is 0. The molecule has 0 fully saturated rings. The summed E-state index contributed by atoms with van der Waals surface area (Å²) in [5, 5.41) is 3.00. The molecule has 158 valence electrons. The molecule has 4 heteroatoms. The third-order valence-corrected chi connectivity index (χ3v) is 4.73. The third-order valence-electron chi connectivity index (χ3n) is 4.73. The number of ketones is 1. The molecule has 0 aromatic heterocycles. The molecule has 0 aromatic carbocycles. The molecule has 0 aliphatic carbocycles. The van der Waals surface area contributed by atoms with E-state index in [4.69, 9.17) is 0 Å². The lowest BCUT2D eigenvalue weighted by atomic mass is 9.96. The van der Waals surface area contributed by atoms with Crippen molar-refractivity contribution in [3.05, 3.63) is 48.1 Å². The van der Waals surface area contributed by atoms with Crippen LogP contribution in [0.25, 0.3) is 0 Å². The van der Waals surface area contributed by atoms with Gasteiger partial charge in [-0.15, -0.1) is 0 Å². The maximum atomic E-state index is 12.8. The standard InChI is InChI=1S/C24H40N2O2/c1-8-12-16-20(13-9-2)18-25-24(28)22(19(5)27)17-23(26(6)7)21(14-10-3)15-11-4/h10-11,14-15,17,20,23H,3,8-9,12-13,16,18H2,1-2,4-7H3,(H,25,28)/b15-11-,21-14+,22-17+. The molecular weight excluding hydrogens is 348 g/mol. The Labute approximate surface area is 172 Å². The van der Waals surface area contributed by atoms with Gasteiger partial charge in [-0.1, -0.05) is 64.0 Å². The van der Waals surface area contributed by atoms with Crippen molar-refractivity contribution in [2.24, 2.45) is 5.92 Å². The SMILES string of the molecule is C=C/C=C(\C=C/C)C(/C=C(\C(C)=O)C(=O)NCC(CCC)CCCC)N(C)C. The smallest absolute Gasteiger partial charge is 0.254 e. The van der Waals surface area contributed by atoms with Gasteiger partial charge in [-0.05, 0) is 58.4 Å². The van der Waals surface area contributed by atoms with E-state index in [1.807, 2.05) is 44.1 Å². The second-order valence-electron chi connectivity index (χ2n) is 7.45. The molecule has 0 spiro atoms. The minimum Gasteiger partial charge on any atom is -0.352 e. The fraction of sp³-hybridized carbons (Fsp3) is 0.583. The Morgan fingerprint density at radius 3 is 2.29 bits per heavy atom. The average molecular weight is 389 g/mol. The lowest BCUT2D eigenvalue weighted by Crippen LogP contribution is -2.35. The summed E-state index contributed by atoms with van der Waals surface area (Å²) in [5.74, 6) is -0.0373. The first kappa shape index (κ1) is 26.1. The second-order valence-corrected chi connectivity index (χ2v) is 7.45. The van der Waals surface area contributed by atoms with Gasteiger partial charge in [0.15, 0.2) is 5.78 Å². The van der Waals surface area contributed by atoms with Crippen LogP contribution in [-0.4, -0.2) is 43.3 Å². The maximum absolute atomic E-state index is 12.8. The number of carbonyl (C=O) groups is 2. The van der Waals surface area contributed by atoms with Crippen LogP contribution in [0, 0.1) is 5.92 Å². The summed E-state index contributed by atoms with van der Waals surface area (Å²) in [6.07, 6.45) is 14.9. The lowest BCUT2D eigenvalue weighted by Gasteiger charge is -2.24. The number of hydrogen-bond acceptors (Lipinski definition) is 3. The molecule has 0 saturated heterocycles. The van der Waals surface area contributed by atoms with Gasteiger partial charge >= 0.3 is 0 Å². The van der Waals surface area contributed by atoms with E-state index in [1.165, 1.54) is 6.92 Å². The number of amides is 1. The molecule has 0 aliphatic heterocycles. The first-order valence-corrected chi connectivity index (χ1v) is 10.4. The molecule has 2 unspecified atom stereocenters. The maximum Gasteiger partial charge on any atom is 0.254 e. The normalized spacial score (nSPS) is 15.0. The topological polar surface area (TPSA) is 49.4 Å². The molecule has 0 radical (unpaired) electrons. The van der Waals surface area contributed by atoms with Gasteiger partial charge in [0.05, 0.1) is 11.6 Å². The molecule has 1 N–H and O–H groups in total. The van der Waals surface area contributed by atoms with E-state index in [0.717, 1.165) is 37.7 Å². The van der Waals surface area contributed by atoms with Gasteiger partial charge in [-0.25, -0.2) is 0 Å². The summed E-state index contributed by atoms with van der Waals surface area (Å²) in [5.41, 5.74) is 1.18. The summed E-state index contributed by atoms with van der Waals surface area (Å²) >= 11 is 0. The predicted octanol–water partition coefficient (Wildman–Crippen LogP) is 4.84. The van der Waals surface area contributed by atoms with E-state index in [2.05, 4.69) is 25.7 Å². The summed E-state index contributed by atoms with van der Waals surface area (Å²) in [7, 11) is 3.86. The summed E-state index contributed by atoms with van der Waals surface area (Å²) in [4.78, 5) is 27.0. The van der Waals surface area contributed by atoms with Gasteiger partial charge in [-0.3, -0.25) is 14.5 Å². The molecule has 0 aliphatic rings. The van der Waals surface area contributed by atoms with Crippen molar-refractivity contribution in [2.75, 3.05) is 20.6 Å². The zero-order valence-corrected chi connectivity index (χ0v) is 18.8. The van der Waals surface area contributed by atoms with Crippen molar-refractivity contribution in [3.63, 3.8) is 0 Å². The minimum absolute atomic E-state index is 0.189. The lowest BCUT2D eigenvalue weighted by molar-refractivity contribution is -0.121. The van der Waals surface area contributed by atoms with Crippen LogP contribution in [-0.2, 0) is 9.59 Å². The van der Waals surface area contributed by atoms with Crippen LogP contribution < -0.4 is 5.32 Å². The monoisotopic (exact) mass is 388 g/mol. The van der Waals surface area contributed by atoms with Crippen LogP contribution in [0.4, 0.5) is 0 Å². The van der Waals surface area contributed by atoms with Crippen molar-refractivity contribution < 1.29 is 9.59 Å². The molecule has 1 amide bonds. The van der Waals surface area contributed by atoms with Crippen LogP contribution in [0.5, 0.6) is 0 Å². The van der Waals surface area contributed by atoms with Gasteiger partial charge in [0.25, 0.3) is 5.91 Å². The Morgan fingerprint density at radius 1 is 1.14 bits per heavy atom. The number of nitrogens with one attached hydrogen (secondary N) is 1. The van der Waals surface area contributed by atoms with Crippen molar-refractivity contribution in [1.82, 2.24) is 10.2 Å². The number of carbonyl (C=O) groups excluding carboxylic acids is 2. The van der Waals surface area contributed by atoms with Crippen molar-refractivity contribution in [2.45, 2.75) is 65.8 Å². The molecule has 0 bridgehead atoms. The van der Waals surface area contributed by atoms with Crippen LogP contribution in [0.3, 0.4) is 0 Å². The fourth-order valence-electron chi connectivity index (χ4n) is 3.22. The van der Waals surface area contributed by atoms with Gasteiger partial charge in [0.1, 0.15) is 0 Å². The summed E-state index contributed by atoms with van der Waals surface area (Å²) in [6.45, 7) is 12.1. The zero-order chi connectivity index (χ0) is 21.5. The predicted molar refractivity (Wildman–Crippen MR) is 120 cm³/mol. The molecule has 28 heavy (non-hydrogen) atoms. The quantitative estimate of drug-likeness (QED) is 0.200. The highest BCUT2D eigenvalue weighted by molar-refractivity contribution is 6.18. The highest BCUT2D eigenvalue weighted by Gasteiger charge is 2.20. The highest BCUT2D eigenvalue weighted by Crippen LogP contribution is 2.16. The molecule has 0 heterocycles. The number of unbranched alkanes of at least 4 members (excludes halogenated alkanes) is 1. The fourth-order valence-corrected chi connectivity index (χ4v) is 3.22. The van der Waals surface area contributed by atoms with Crippen LogP contribution in [0.15, 0.2) is 48.1 Å². The first-order valence-electron chi connectivity index (χ1n) is 10.4. The Bertz CT molecular complexity index is 585. The van der Waals surface area contributed by atoms with E-state index in [9.17, 15) is 9.59 Å². The number of nitrogens with zero attached hydrogens (tertiary/aromatic N) is 1. The van der Waals surface area contributed by atoms with Crippen molar-refractivity contribution >= 4 is 11.7 Å². The number of hydrogen-bond donors (Lipinski definition) is 1. The van der Waals surface area contributed by atoms with E-state index in [1.54, 1.807) is 12.2 Å². The van der Waals surface area contributed by atoms with E-state index >= 15 is 0 Å². The number of rotatable bonds is 14. The molecule has 2 atom stereocenters. The molecule has 4 nitrogen and oxygen atoms in total. The largest absolute Gasteiger partial charge is 0.352 e. The Balaban J connectivity index is 5.53. The van der Waals surface area contributed by atoms with E-state index < -0.39 is 0 Å². The van der Waals surface area contributed by atoms with Gasteiger partial charge < -0.3 is 5.32 Å². The van der Waals surface area contributed by atoms with Gasteiger partial charge in [-0.2, -0.15) is 0 Å². The zero-order valence-electron chi connectivity index (χ0n) is 18.8. The third kappa shape index (κ3) is 9.84. The number of allylic oxidation sites excluding steroid dienone is 3. The van der Waals surface area contributed by atoms with E-state index in [0.29, 0.717) is 12.5 Å². The van der Waals surface area contributed by atoms with Crippen LogP contribution in [0.2, 0.25) is 0 Å². The number of Topliss-reactive ketones (excluding diaryl/α,β-unsaturated/α-hetero) is 1. The van der Waals surface area contributed by atoms with Crippen LogP contribution >= 0.6 is 0 Å². The Morgan fingerprint density at radius 2 is 1.82 bits per heavy atom. The Kier molecular flexibility index (Phi) is 14.0. The van der Waals surface area contributed by atoms with Gasteiger partial charge in [0.2, 0.25) is 0 Å². The molecular formula is C24H40N2O2. The Hall–Kier alpha value is -1.94. The molecule has 0 rings (SSSR count). The molecule has 0 saturated carbocycles. The summed E-state index contributed by atoms with van der Waals surface area (Å²) in [6, 6.07) is -0.189. The van der Waals surface area contributed by atoms with Crippen molar-refractivity contribution in [3.8, 4) is 0 Å². The minimum atomic E-state index is -0.282. The van der Waals surface area contributed by atoms with Crippen molar-refractivity contribution in [1.29, 1.82) is 0 Å². The highest BCUT2D eigenvalue weighted by atomic mass is 16.2. The second kappa shape index (κ2) is 15.0. The van der Waals surface area contributed by atoms with E-state index in [-0.39, 0.29) is 23.3 Å². The first-order chi connectivity index (χ1) is 13.3.